The number of hydrogen-bond donors (Lipinski definition) is 0. The van der Waals surface area contributed by atoms with E-state index in [4.69, 9.17) is 9.72 Å². The molecular weight excluding hydrogens is 341 g/mol. The van der Waals surface area contributed by atoms with Gasteiger partial charge in [-0.2, -0.15) is 0 Å². The molecule has 0 amide bonds. The summed E-state index contributed by atoms with van der Waals surface area (Å²) in [6, 6.07) is 7.79. The normalized spacial score (nSPS) is 13.6. The van der Waals surface area contributed by atoms with Crippen LogP contribution in [0.4, 0.5) is 15.9 Å². The number of ether oxygens (including phenoxy) is 1. The van der Waals surface area contributed by atoms with Crippen molar-refractivity contribution in [2.75, 3.05) is 18.6 Å². The summed E-state index contributed by atoms with van der Waals surface area (Å²) >= 11 is 0. The fourth-order valence-corrected chi connectivity index (χ4v) is 4.24. The number of aryl methyl sites for hydroxylation is 1. The van der Waals surface area contributed by atoms with Gasteiger partial charge in [0.1, 0.15) is 5.82 Å². The van der Waals surface area contributed by atoms with E-state index < -0.39 is 0 Å². The molecule has 3 heterocycles. The van der Waals surface area contributed by atoms with Crippen molar-refractivity contribution in [3.8, 4) is 5.75 Å². The van der Waals surface area contributed by atoms with Gasteiger partial charge in [-0.25, -0.2) is 9.37 Å². The molecule has 0 atom stereocenters. The molecule has 3 aromatic rings. The topological polar surface area (TPSA) is 30.3 Å². The molecule has 0 spiro atoms. The minimum atomic E-state index is -0.348. The average Bonchev–Trinajstić information content (AvgIpc) is 3.02. The number of halogens is 1. The summed E-state index contributed by atoms with van der Waals surface area (Å²) in [5, 5.41) is 1.20. The third kappa shape index (κ3) is 2.85. The van der Waals surface area contributed by atoms with Crippen molar-refractivity contribution in [2.24, 2.45) is 0 Å². The Morgan fingerprint density at radius 2 is 2.00 bits per heavy atom. The minimum absolute atomic E-state index is 0.263. The van der Waals surface area contributed by atoms with Crippen LogP contribution in [-0.4, -0.2) is 23.2 Å². The number of pyridine rings is 1. The lowest BCUT2D eigenvalue weighted by Gasteiger charge is -2.29. The summed E-state index contributed by atoms with van der Waals surface area (Å²) in [6.07, 6.45) is 5.43. The molecule has 4 rings (SSSR count). The lowest BCUT2D eigenvalue weighted by Crippen LogP contribution is -2.25. The first kappa shape index (κ1) is 17.8. The van der Waals surface area contributed by atoms with Crippen molar-refractivity contribution in [1.82, 2.24) is 9.55 Å². The van der Waals surface area contributed by atoms with Crippen LogP contribution in [0.5, 0.6) is 5.75 Å². The zero-order valence-electron chi connectivity index (χ0n) is 16.4. The van der Waals surface area contributed by atoms with Gasteiger partial charge in [0, 0.05) is 41.6 Å². The zero-order valence-corrected chi connectivity index (χ0v) is 16.4. The Bertz CT molecular complexity index is 991. The fourth-order valence-electron chi connectivity index (χ4n) is 4.24. The van der Waals surface area contributed by atoms with Crippen LogP contribution in [0.2, 0.25) is 0 Å². The van der Waals surface area contributed by atoms with Crippen LogP contribution in [0.15, 0.2) is 30.5 Å². The highest BCUT2D eigenvalue weighted by Crippen LogP contribution is 2.40. The zero-order chi connectivity index (χ0) is 19.1. The van der Waals surface area contributed by atoms with E-state index in [9.17, 15) is 4.39 Å². The van der Waals surface area contributed by atoms with Gasteiger partial charge in [0.05, 0.1) is 12.6 Å². The Kier molecular flexibility index (Phi) is 4.54. The second-order valence-corrected chi connectivity index (χ2v) is 7.23. The monoisotopic (exact) mass is 367 g/mol. The molecule has 5 heteroatoms. The van der Waals surface area contributed by atoms with E-state index in [1.165, 1.54) is 29.6 Å². The maximum atomic E-state index is 14.3. The van der Waals surface area contributed by atoms with Gasteiger partial charge in [-0.05, 0) is 49.9 Å². The number of anilines is 2. The van der Waals surface area contributed by atoms with Crippen molar-refractivity contribution in [2.45, 2.75) is 46.1 Å². The highest BCUT2D eigenvalue weighted by atomic mass is 19.1. The van der Waals surface area contributed by atoms with Gasteiger partial charge in [0.25, 0.3) is 0 Å². The molecule has 0 radical (unpaired) electrons. The summed E-state index contributed by atoms with van der Waals surface area (Å²) in [4.78, 5) is 6.97. The molecule has 0 N–H and O–H groups in total. The van der Waals surface area contributed by atoms with Crippen LogP contribution in [0, 0.1) is 12.7 Å². The molecule has 2 aromatic heterocycles. The van der Waals surface area contributed by atoms with Gasteiger partial charge >= 0.3 is 0 Å². The predicted octanol–water partition coefficient (Wildman–Crippen LogP) is 5.55. The summed E-state index contributed by atoms with van der Waals surface area (Å²) in [5.41, 5.74) is 4.37. The molecule has 1 aromatic carbocycles. The van der Waals surface area contributed by atoms with Gasteiger partial charge in [0.15, 0.2) is 11.6 Å². The van der Waals surface area contributed by atoms with E-state index in [0.717, 1.165) is 43.0 Å². The summed E-state index contributed by atoms with van der Waals surface area (Å²) in [6.45, 7) is 7.29. The van der Waals surface area contributed by atoms with Crippen molar-refractivity contribution in [3.63, 3.8) is 0 Å². The average molecular weight is 367 g/mol. The minimum Gasteiger partial charge on any atom is -0.494 e. The summed E-state index contributed by atoms with van der Waals surface area (Å²) in [5.74, 6) is 0.846. The molecule has 1 aliphatic rings. The van der Waals surface area contributed by atoms with Crippen molar-refractivity contribution in [1.29, 1.82) is 0 Å². The number of aromatic nitrogens is 2. The third-order valence-corrected chi connectivity index (χ3v) is 5.65. The second-order valence-electron chi connectivity index (χ2n) is 7.23. The highest BCUT2D eigenvalue weighted by molar-refractivity contribution is 5.97. The molecule has 1 aliphatic heterocycles. The van der Waals surface area contributed by atoms with E-state index in [1.807, 2.05) is 13.0 Å². The first-order chi connectivity index (χ1) is 13.1. The van der Waals surface area contributed by atoms with E-state index in [1.54, 1.807) is 6.07 Å². The molecule has 142 valence electrons. The van der Waals surface area contributed by atoms with E-state index in [2.05, 4.69) is 35.6 Å². The molecule has 27 heavy (non-hydrogen) atoms. The first-order valence-electron chi connectivity index (χ1n) is 9.69. The number of benzene rings is 1. The molecule has 4 nitrogen and oxygen atoms in total. The lowest BCUT2D eigenvalue weighted by atomic mass is 10.0. The lowest BCUT2D eigenvalue weighted by molar-refractivity contribution is 0.386. The van der Waals surface area contributed by atoms with Crippen molar-refractivity contribution in [3.05, 3.63) is 47.5 Å². The molecule has 0 saturated carbocycles. The number of methoxy groups -OCH3 is 1. The second kappa shape index (κ2) is 6.87. The van der Waals surface area contributed by atoms with Gasteiger partial charge in [-0.15, -0.1) is 0 Å². The van der Waals surface area contributed by atoms with Crippen LogP contribution < -0.4 is 9.64 Å². The maximum absolute atomic E-state index is 14.3. The first-order valence-corrected chi connectivity index (χ1v) is 9.69. The van der Waals surface area contributed by atoms with Crippen LogP contribution in [0.3, 0.4) is 0 Å². The highest BCUT2D eigenvalue weighted by Gasteiger charge is 2.26. The SMILES string of the molecule is CCC(CC)n1cc2c3c(nc(C)cc31)N(c1ccc(OC)c(F)c1)CC2. The van der Waals surface area contributed by atoms with Crippen LogP contribution in [0.1, 0.15) is 44.0 Å². The Hall–Kier alpha value is -2.56. The third-order valence-electron chi connectivity index (χ3n) is 5.65. The Morgan fingerprint density at radius 1 is 1.22 bits per heavy atom. The number of rotatable bonds is 5. The molecule has 0 aliphatic carbocycles. The largest absolute Gasteiger partial charge is 0.494 e. The summed E-state index contributed by atoms with van der Waals surface area (Å²) < 4.78 is 21.8. The molecule has 0 saturated heterocycles. The molecular formula is C22H26FN3O. The Morgan fingerprint density at radius 3 is 2.67 bits per heavy atom. The molecule has 0 unspecified atom stereocenters. The molecule has 0 bridgehead atoms. The van der Waals surface area contributed by atoms with E-state index in [0.29, 0.717) is 6.04 Å². The van der Waals surface area contributed by atoms with Crippen LogP contribution in [0.25, 0.3) is 10.9 Å². The number of hydrogen-bond acceptors (Lipinski definition) is 3. The van der Waals surface area contributed by atoms with Crippen LogP contribution in [-0.2, 0) is 6.42 Å². The van der Waals surface area contributed by atoms with Gasteiger partial charge in [0.2, 0.25) is 0 Å². The van der Waals surface area contributed by atoms with Gasteiger partial charge < -0.3 is 14.2 Å². The predicted molar refractivity (Wildman–Crippen MR) is 108 cm³/mol. The Labute approximate surface area is 159 Å². The number of nitrogens with zero attached hydrogens (tertiary/aromatic N) is 3. The van der Waals surface area contributed by atoms with Crippen molar-refractivity contribution < 1.29 is 9.13 Å². The standard InChI is InChI=1S/C22H26FN3O/c1-5-16(6-2)26-13-15-9-10-25(17-7-8-20(27-4)18(23)12-17)22-21(15)19(26)11-14(3)24-22/h7-8,11-13,16H,5-6,9-10H2,1-4H3. The van der Waals surface area contributed by atoms with Gasteiger partial charge in [-0.3, -0.25) is 0 Å². The van der Waals surface area contributed by atoms with Crippen molar-refractivity contribution >= 4 is 22.4 Å². The van der Waals surface area contributed by atoms with E-state index in [-0.39, 0.29) is 11.6 Å². The summed E-state index contributed by atoms with van der Waals surface area (Å²) in [7, 11) is 1.48. The fraction of sp³-hybridized carbons (Fsp3) is 0.409. The van der Waals surface area contributed by atoms with Gasteiger partial charge in [-0.1, -0.05) is 13.8 Å². The smallest absolute Gasteiger partial charge is 0.167 e. The van der Waals surface area contributed by atoms with Crippen LogP contribution >= 0.6 is 0 Å². The Balaban J connectivity index is 1.89. The maximum Gasteiger partial charge on any atom is 0.167 e. The van der Waals surface area contributed by atoms with E-state index >= 15 is 0 Å². The molecule has 0 fully saturated rings. The quantitative estimate of drug-likeness (QED) is 0.592.